The second kappa shape index (κ2) is 36.1. The highest BCUT2D eigenvalue weighted by Gasteiger charge is 2.12. The highest BCUT2D eigenvalue weighted by Crippen LogP contribution is 2.25. The van der Waals surface area contributed by atoms with Crippen molar-refractivity contribution < 1.29 is 19.0 Å². The molecule has 0 radical (unpaired) electrons. The molecule has 0 spiro atoms. The van der Waals surface area contributed by atoms with E-state index in [4.69, 9.17) is 14.2 Å². The fourth-order valence-electron chi connectivity index (χ4n) is 6.75. The Morgan fingerprint density at radius 1 is 0.388 bits per heavy atom. The molecule has 1 aromatic rings. The zero-order valence-electron chi connectivity index (χ0n) is 33.1. The van der Waals surface area contributed by atoms with E-state index in [0.717, 1.165) is 12.8 Å². The number of hydrogen-bond donors (Lipinski definition) is 0. The van der Waals surface area contributed by atoms with Crippen molar-refractivity contribution in [3.8, 4) is 11.5 Å². The summed E-state index contributed by atoms with van der Waals surface area (Å²) in [5.41, 5.74) is 0.508. The van der Waals surface area contributed by atoms with Gasteiger partial charge in [-0.3, -0.25) is 0 Å². The summed E-state index contributed by atoms with van der Waals surface area (Å²) < 4.78 is 17.4. The molecule has 0 atom stereocenters. The van der Waals surface area contributed by atoms with Crippen LogP contribution in [0.5, 0.6) is 11.5 Å². The molecule has 0 aliphatic heterocycles. The van der Waals surface area contributed by atoms with E-state index in [-0.39, 0.29) is 5.97 Å². The van der Waals surface area contributed by atoms with E-state index in [9.17, 15) is 4.79 Å². The fraction of sp³-hybridized carbons (Fsp3) is 0.844. The first kappa shape index (κ1) is 45.3. The van der Waals surface area contributed by atoms with Crippen molar-refractivity contribution in [3.63, 3.8) is 0 Å². The summed E-state index contributed by atoms with van der Waals surface area (Å²) in [6, 6.07) is 5.53. The lowest BCUT2D eigenvalue weighted by Gasteiger charge is -2.12. The van der Waals surface area contributed by atoms with Gasteiger partial charge in [0, 0.05) is 6.07 Å². The molecule has 4 nitrogen and oxygen atoms in total. The quantitative estimate of drug-likeness (QED) is 0.0513. The SMILES string of the molecule is CCCCCCCCCCCCCCCCCCOc1cc(OCCCCCCCCCCCCCCCCCC)cc(C(=O)OCC)c1. The van der Waals surface area contributed by atoms with Crippen LogP contribution in [0.2, 0.25) is 0 Å². The summed E-state index contributed by atoms with van der Waals surface area (Å²) in [5.74, 6) is 1.09. The van der Waals surface area contributed by atoms with Gasteiger partial charge >= 0.3 is 5.97 Å². The Balaban J connectivity index is 2.10. The number of ether oxygens (including phenoxy) is 3. The number of carbonyl (C=O) groups excluding carboxylic acids is 1. The summed E-state index contributed by atoms with van der Waals surface area (Å²) >= 11 is 0. The smallest absolute Gasteiger partial charge is 0.338 e. The van der Waals surface area contributed by atoms with Gasteiger partial charge in [0.25, 0.3) is 0 Å². The standard InChI is InChI=1S/C45H82O4/c1-4-7-9-11-13-15-17-19-21-23-25-27-29-31-33-35-37-48-43-39-42(45(46)47-6-3)40-44(41-43)49-38-36-34-32-30-28-26-24-22-20-18-16-14-12-10-8-5-2/h39-41H,4-38H2,1-3H3. The number of hydrogen-bond acceptors (Lipinski definition) is 4. The third-order valence-electron chi connectivity index (χ3n) is 9.92. The molecule has 4 heteroatoms. The molecule has 49 heavy (non-hydrogen) atoms. The van der Waals surface area contributed by atoms with Crippen LogP contribution in [0.25, 0.3) is 0 Å². The van der Waals surface area contributed by atoms with E-state index < -0.39 is 0 Å². The molecule has 0 heterocycles. The molecule has 1 aromatic carbocycles. The van der Waals surface area contributed by atoms with Crippen LogP contribution < -0.4 is 9.47 Å². The number of rotatable bonds is 38. The van der Waals surface area contributed by atoms with Crippen LogP contribution in [-0.2, 0) is 4.74 Å². The minimum absolute atomic E-state index is 0.317. The lowest BCUT2D eigenvalue weighted by atomic mass is 10.0. The van der Waals surface area contributed by atoms with E-state index in [2.05, 4.69) is 13.8 Å². The van der Waals surface area contributed by atoms with Crippen molar-refractivity contribution in [2.75, 3.05) is 19.8 Å². The largest absolute Gasteiger partial charge is 0.493 e. The molecule has 0 bridgehead atoms. The molecule has 0 unspecified atom stereocenters. The molecule has 0 N–H and O–H groups in total. The first-order valence-electron chi connectivity index (χ1n) is 21.8. The van der Waals surface area contributed by atoms with Gasteiger partial charge in [-0.2, -0.15) is 0 Å². The molecule has 0 aromatic heterocycles. The maximum atomic E-state index is 12.5. The first-order valence-corrected chi connectivity index (χ1v) is 21.8. The second-order valence-corrected chi connectivity index (χ2v) is 14.7. The molecule has 0 saturated heterocycles. The minimum atomic E-state index is -0.317. The Bertz CT molecular complexity index is 781. The van der Waals surface area contributed by atoms with Gasteiger partial charge in [-0.05, 0) is 31.9 Å². The van der Waals surface area contributed by atoms with Gasteiger partial charge < -0.3 is 14.2 Å². The molecule has 0 aliphatic rings. The van der Waals surface area contributed by atoms with Crippen LogP contribution in [0, 0.1) is 0 Å². The zero-order chi connectivity index (χ0) is 35.3. The number of unbranched alkanes of at least 4 members (excludes halogenated alkanes) is 30. The van der Waals surface area contributed by atoms with E-state index in [1.807, 2.05) is 13.0 Å². The van der Waals surface area contributed by atoms with Crippen LogP contribution in [0.1, 0.15) is 237 Å². The van der Waals surface area contributed by atoms with Crippen LogP contribution in [0.3, 0.4) is 0 Å². The summed E-state index contributed by atoms with van der Waals surface area (Å²) in [4.78, 5) is 12.5. The zero-order valence-corrected chi connectivity index (χ0v) is 33.1. The highest BCUT2D eigenvalue weighted by atomic mass is 16.5. The normalized spacial score (nSPS) is 11.2. The predicted molar refractivity (Wildman–Crippen MR) is 212 cm³/mol. The first-order chi connectivity index (χ1) is 24.2. The van der Waals surface area contributed by atoms with Crippen molar-refractivity contribution in [1.82, 2.24) is 0 Å². The Labute approximate surface area is 305 Å². The van der Waals surface area contributed by atoms with Crippen LogP contribution in [0.15, 0.2) is 18.2 Å². The van der Waals surface area contributed by atoms with E-state index in [0.29, 0.717) is 36.9 Å². The second-order valence-electron chi connectivity index (χ2n) is 14.7. The van der Waals surface area contributed by atoms with Crippen LogP contribution in [0.4, 0.5) is 0 Å². The van der Waals surface area contributed by atoms with Gasteiger partial charge in [0.1, 0.15) is 11.5 Å². The topological polar surface area (TPSA) is 44.8 Å². The van der Waals surface area contributed by atoms with Crippen molar-refractivity contribution in [2.45, 2.75) is 226 Å². The van der Waals surface area contributed by atoms with E-state index in [1.165, 1.54) is 193 Å². The monoisotopic (exact) mass is 687 g/mol. The van der Waals surface area contributed by atoms with Gasteiger partial charge in [0.15, 0.2) is 0 Å². The summed E-state index contributed by atoms with van der Waals surface area (Å²) in [6.45, 7) is 8.12. The number of esters is 1. The van der Waals surface area contributed by atoms with Gasteiger partial charge in [-0.1, -0.05) is 206 Å². The maximum absolute atomic E-state index is 12.5. The van der Waals surface area contributed by atoms with E-state index >= 15 is 0 Å². The molecule has 0 saturated carbocycles. The Morgan fingerprint density at radius 2 is 0.653 bits per heavy atom. The van der Waals surface area contributed by atoms with Crippen LogP contribution in [-0.4, -0.2) is 25.8 Å². The molecule has 0 aliphatic carbocycles. The van der Waals surface area contributed by atoms with Gasteiger partial charge in [0.05, 0.1) is 25.4 Å². The Kier molecular flexibility index (Phi) is 33.4. The molecule has 1 rings (SSSR count). The van der Waals surface area contributed by atoms with Crippen molar-refractivity contribution in [2.24, 2.45) is 0 Å². The summed E-state index contributed by atoms with van der Waals surface area (Å²) in [7, 11) is 0. The summed E-state index contributed by atoms with van der Waals surface area (Å²) in [6.07, 6.45) is 43.5. The minimum Gasteiger partial charge on any atom is -0.493 e. The van der Waals surface area contributed by atoms with E-state index in [1.54, 1.807) is 12.1 Å². The molecular weight excluding hydrogens is 604 g/mol. The van der Waals surface area contributed by atoms with Gasteiger partial charge in [-0.15, -0.1) is 0 Å². The molecular formula is C45H82O4. The highest BCUT2D eigenvalue weighted by molar-refractivity contribution is 5.90. The Hall–Kier alpha value is -1.71. The Morgan fingerprint density at radius 3 is 0.918 bits per heavy atom. The molecule has 0 fully saturated rings. The maximum Gasteiger partial charge on any atom is 0.338 e. The average molecular weight is 687 g/mol. The average Bonchev–Trinajstić information content (AvgIpc) is 3.11. The van der Waals surface area contributed by atoms with Crippen molar-refractivity contribution in [1.29, 1.82) is 0 Å². The van der Waals surface area contributed by atoms with Crippen molar-refractivity contribution >= 4 is 5.97 Å². The molecule has 0 amide bonds. The van der Waals surface area contributed by atoms with Gasteiger partial charge in [-0.25, -0.2) is 4.79 Å². The van der Waals surface area contributed by atoms with Gasteiger partial charge in [0.2, 0.25) is 0 Å². The lowest BCUT2D eigenvalue weighted by molar-refractivity contribution is 0.0525. The summed E-state index contributed by atoms with van der Waals surface area (Å²) in [5, 5.41) is 0. The third kappa shape index (κ3) is 29.7. The molecule has 286 valence electrons. The number of benzene rings is 1. The fourth-order valence-corrected chi connectivity index (χ4v) is 6.75. The van der Waals surface area contributed by atoms with Crippen molar-refractivity contribution in [3.05, 3.63) is 23.8 Å². The number of carbonyl (C=O) groups is 1. The third-order valence-corrected chi connectivity index (χ3v) is 9.92. The predicted octanol–water partition coefficient (Wildman–Crippen LogP) is 15.1. The lowest BCUT2D eigenvalue weighted by Crippen LogP contribution is -2.07. The van der Waals surface area contributed by atoms with Crippen LogP contribution >= 0.6 is 0 Å².